The molecule has 0 unspecified atom stereocenters. The number of carbonyl (C=O) groups excluding carboxylic acids is 1. The summed E-state index contributed by atoms with van der Waals surface area (Å²) in [6.07, 6.45) is 0. The Hall–Kier alpha value is -2.53. The number of nitrogens with two attached hydrogens (primary N) is 1. The maximum Gasteiger partial charge on any atom is 0.319 e. The molecule has 2 amide bonds. The van der Waals surface area contributed by atoms with Crippen LogP contribution in [0.4, 0.5) is 10.5 Å². The third kappa shape index (κ3) is 5.16. The van der Waals surface area contributed by atoms with Crippen LogP contribution in [0.1, 0.15) is 5.56 Å². The molecule has 0 heterocycles. The predicted octanol–water partition coefficient (Wildman–Crippen LogP) is 2.35. The quantitative estimate of drug-likeness (QED) is 0.762. The third-order valence-electron chi connectivity index (χ3n) is 2.79. The van der Waals surface area contributed by atoms with E-state index >= 15 is 0 Å². The van der Waals surface area contributed by atoms with Crippen molar-refractivity contribution in [3.05, 3.63) is 60.2 Å². The largest absolute Gasteiger partial charge is 0.489 e. The minimum atomic E-state index is -0.265. The Labute approximate surface area is 124 Å². The lowest BCUT2D eigenvalue weighted by Crippen LogP contribution is -2.32. The van der Waals surface area contributed by atoms with Gasteiger partial charge in [-0.15, -0.1) is 0 Å². The molecule has 0 atom stereocenters. The Morgan fingerprint density at radius 1 is 1.05 bits per heavy atom. The molecule has 5 heteroatoms. The number of anilines is 1. The first-order valence-corrected chi connectivity index (χ1v) is 6.79. The lowest BCUT2D eigenvalue weighted by atomic mass is 10.2. The molecular weight excluding hydrogens is 266 g/mol. The number of nitrogens with one attached hydrogen (secondary N) is 2. The first kappa shape index (κ1) is 14.9. The number of hydrogen-bond donors (Lipinski definition) is 3. The van der Waals surface area contributed by atoms with E-state index in [2.05, 4.69) is 10.6 Å². The minimum Gasteiger partial charge on any atom is -0.489 e. The summed E-state index contributed by atoms with van der Waals surface area (Å²) in [6.45, 7) is 1.38. The second-order valence-corrected chi connectivity index (χ2v) is 4.47. The molecule has 0 aliphatic heterocycles. The van der Waals surface area contributed by atoms with E-state index in [4.69, 9.17) is 10.5 Å². The van der Waals surface area contributed by atoms with Crippen LogP contribution in [0, 0.1) is 0 Å². The van der Waals surface area contributed by atoms with Gasteiger partial charge >= 0.3 is 6.03 Å². The molecular formula is C16H19N3O2. The summed E-state index contributed by atoms with van der Waals surface area (Å²) in [7, 11) is 0. The fourth-order valence-electron chi connectivity index (χ4n) is 1.74. The Bertz CT molecular complexity index is 555. The molecule has 5 nitrogen and oxygen atoms in total. The number of amides is 2. The Morgan fingerprint density at radius 3 is 2.43 bits per heavy atom. The van der Waals surface area contributed by atoms with Crippen LogP contribution < -0.4 is 21.1 Å². The molecule has 0 fully saturated rings. The monoisotopic (exact) mass is 285 g/mol. The van der Waals surface area contributed by atoms with Crippen molar-refractivity contribution in [2.24, 2.45) is 5.73 Å². The number of rotatable bonds is 6. The first-order valence-electron chi connectivity index (χ1n) is 6.79. The third-order valence-corrected chi connectivity index (χ3v) is 2.79. The van der Waals surface area contributed by atoms with Crippen molar-refractivity contribution >= 4 is 11.7 Å². The van der Waals surface area contributed by atoms with Crippen LogP contribution in [0.25, 0.3) is 0 Å². The van der Waals surface area contributed by atoms with Crippen molar-refractivity contribution < 1.29 is 9.53 Å². The van der Waals surface area contributed by atoms with Crippen LogP contribution in [0.5, 0.6) is 5.75 Å². The maximum absolute atomic E-state index is 11.5. The van der Waals surface area contributed by atoms with Gasteiger partial charge in [-0.05, 0) is 29.8 Å². The number of carbonyl (C=O) groups is 1. The first-order chi connectivity index (χ1) is 10.3. The molecule has 0 saturated carbocycles. The molecule has 110 valence electrons. The number of urea groups is 1. The summed E-state index contributed by atoms with van der Waals surface area (Å²) in [5.41, 5.74) is 7.13. The van der Waals surface area contributed by atoms with Gasteiger partial charge in [0.15, 0.2) is 0 Å². The molecule has 0 aliphatic rings. The van der Waals surface area contributed by atoms with Crippen LogP contribution in [-0.4, -0.2) is 19.1 Å². The highest BCUT2D eigenvalue weighted by Crippen LogP contribution is 2.17. The van der Waals surface area contributed by atoms with E-state index in [1.54, 1.807) is 12.1 Å². The summed E-state index contributed by atoms with van der Waals surface area (Å²) in [4.78, 5) is 11.5. The lowest BCUT2D eigenvalue weighted by Gasteiger charge is -2.09. The van der Waals surface area contributed by atoms with Gasteiger partial charge in [-0.25, -0.2) is 4.79 Å². The summed E-state index contributed by atoms with van der Waals surface area (Å²) in [5.74, 6) is 0.756. The SMILES string of the molecule is NCCNC(=O)Nc1ccc(OCc2ccccc2)cc1. The minimum absolute atomic E-state index is 0.265. The Morgan fingerprint density at radius 2 is 1.76 bits per heavy atom. The van der Waals surface area contributed by atoms with E-state index in [0.717, 1.165) is 11.3 Å². The van der Waals surface area contributed by atoms with E-state index in [1.165, 1.54) is 0 Å². The van der Waals surface area contributed by atoms with Crippen LogP contribution in [-0.2, 0) is 6.61 Å². The highest BCUT2D eigenvalue weighted by molar-refractivity contribution is 5.89. The molecule has 0 spiro atoms. The summed E-state index contributed by atoms with van der Waals surface area (Å²) >= 11 is 0. The molecule has 0 radical (unpaired) electrons. The van der Waals surface area contributed by atoms with Gasteiger partial charge in [-0.1, -0.05) is 30.3 Å². The van der Waals surface area contributed by atoms with Crippen LogP contribution in [0.2, 0.25) is 0 Å². The van der Waals surface area contributed by atoms with Crippen molar-refractivity contribution in [1.82, 2.24) is 5.32 Å². The van der Waals surface area contributed by atoms with Crippen LogP contribution in [0.3, 0.4) is 0 Å². The van der Waals surface area contributed by atoms with Crippen molar-refractivity contribution in [2.45, 2.75) is 6.61 Å². The van der Waals surface area contributed by atoms with Gasteiger partial charge in [0.25, 0.3) is 0 Å². The average Bonchev–Trinajstić information content (AvgIpc) is 2.53. The molecule has 2 aromatic rings. The van der Waals surface area contributed by atoms with Gasteiger partial charge < -0.3 is 21.1 Å². The van der Waals surface area contributed by atoms with Gasteiger partial charge in [0.2, 0.25) is 0 Å². The Balaban J connectivity index is 1.83. The molecule has 2 rings (SSSR count). The van der Waals surface area contributed by atoms with Gasteiger partial charge in [0, 0.05) is 18.8 Å². The lowest BCUT2D eigenvalue weighted by molar-refractivity contribution is 0.252. The van der Waals surface area contributed by atoms with Crippen LogP contribution in [0.15, 0.2) is 54.6 Å². The van der Waals surface area contributed by atoms with Gasteiger partial charge in [-0.2, -0.15) is 0 Å². The number of hydrogen-bond acceptors (Lipinski definition) is 3. The van der Waals surface area contributed by atoms with E-state index in [9.17, 15) is 4.79 Å². The molecule has 0 bridgehead atoms. The second kappa shape index (κ2) is 7.91. The van der Waals surface area contributed by atoms with E-state index in [0.29, 0.717) is 25.4 Å². The highest BCUT2D eigenvalue weighted by atomic mass is 16.5. The van der Waals surface area contributed by atoms with Crippen molar-refractivity contribution in [3.8, 4) is 5.75 Å². The topological polar surface area (TPSA) is 76.4 Å². The fraction of sp³-hybridized carbons (Fsp3) is 0.188. The predicted molar refractivity (Wildman–Crippen MR) is 83.3 cm³/mol. The number of ether oxygens (including phenoxy) is 1. The number of benzene rings is 2. The van der Waals surface area contributed by atoms with E-state index in [-0.39, 0.29) is 6.03 Å². The fourth-order valence-corrected chi connectivity index (χ4v) is 1.74. The molecule has 0 aliphatic carbocycles. The molecule has 4 N–H and O–H groups in total. The zero-order valence-electron chi connectivity index (χ0n) is 11.7. The van der Waals surface area contributed by atoms with Gasteiger partial charge in [0.1, 0.15) is 12.4 Å². The molecule has 0 saturated heterocycles. The highest BCUT2D eigenvalue weighted by Gasteiger charge is 2.01. The Kier molecular flexibility index (Phi) is 5.60. The van der Waals surface area contributed by atoms with Crippen LogP contribution >= 0.6 is 0 Å². The van der Waals surface area contributed by atoms with Crippen molar-refractivity contribution in [1.29, 1.82) is 0 Å². The molecule has 2 aromatic carbocycles. The summed E-state index contributed by atoms with van der Waals surface area (Å²) < 4.78 is 5.67. The molecule has 21 heavy (non-hydrogen) atoms. The smallest absolute Gasteiger partial charge is 0.319 e. The standard InChI is InChI=1S/C16H19N3O2/c17-10-11-18-16(20)19-14-6-8-15(9-7-14)21-12-13-4-2-1-3-5-13/h1-9H,10-12,17H2,(H2,18,19,20). The molecule has 0 aromatic heterocycles. The van der Waals surface area contributed by atoms with Gasteiger partial charge in [-0.3, -0.25) is 0 Å². The average molecular weight is 285 g/mol. The zero-order chi connectivity index (χ0) is 14.9. The maximum atomic E-state index is 11.5. The van der Waals surface area contributed by atoms with Crippen molar-refractivity contribution in [3.63, 3.8) is 0 Å². The van der Waals surface area contributed by atoms with Crippen molar-refractivity contribution in [2.75, 3.05) is 18.4 Å². The normalized spacial score (nSPS) is 9.95. The summed E-state index contributed by atoms with van der Waals surface area (Å²) in [5, 5.41) is 5.35. The summed E-state index contributed by atoms with van der Waals surface area (Å²) in [6, 6.07) is 16.9. The van der Waals surface area contributed by atoms with Gasteiger partial charge in [0.05, 0.1) is 0 Å². The second-order valence-electron chi connectivity index (χ2n) is 4.47. The van der Waals surface area contributed by atoms with E-state index < -0.39 is 0 Å². The zero-order valence-corrected chi connectivity index (χ0v) is 11.7. The van der Waals surface area contributed by atoms with E-state index in [1.807, 2.05) is 42.5 Å².